The number of nitrogens with zero attached hydrogens (tertiary/aromatic N) is 2. The number of non-ortho nitro benzene ring substituents is 1. The summed E-state index contributed by atoms with van der Waals surface area (Å²) >= 11 is 0. The summed E-state index contributed by atoms with van der Waals surface area (Å²) in [6, 6.07) is 12.1. The van der Waals surface area contributed by atoms with Crippen LogP contribution in [0.3, 0.4) is 0 Å². The summed E-state index contributed by atoms with van der Waals surface area (Å²) in [5.74, 6) is -1.02. The second kappa shape index (κ2) is 13.7. The van der Waals surface area contributed by atoms with E-state index in [0.29, 0.717) is 4.47 Å². The molecule has 2 aromatic rings. The number of carbonyl (C=O) groups excluding carboxylic acids is 2. The Morgan fingerprint density at radius 1 is 1.13 bits per heavy atom. The number of allylic oxidation sites excluding steroid dienone is 1. The van der Waals surface area contributed by atoms with E-state index in [-0.39, 0.29) is 19.8 Å². The molecule has 0 aliphatic carbocycles. The minimum atomic E-state index is -4.67. The highest BCUT2D eigenvalue weighted by atomic mass is 32.2. The first-order valence-corrected chi connectivity index (χ1v) is 13.0. The van der Waals surface area contributed by atoms with Gasteiger partial charge in [0.1, 0.15) is 11.6 Å². The van der Waals surface area contributed by atoms with Crippen LogP contribution in [0.5, 0.6) is 0 Å². The van der Waals surface area contributed by atoms with Gasteiger partial charge < -0.3 is 19.6 Å². The minimum absolute atomic E-state index is 0.0945. The van der Waals surface area contributed by atoms with Crippen molar-refractivity contribution in [2.24, 2.45) is 0 Å². The Balaban J connectivity index is 2.43. The summed E-state index contributed by atoms with van der Waals surface area (Å²) in [7, 11) is -4.67. The van der Waals surface area contributed by atoms with Crippen LogP contribution in [0.1, 0.15) is 33.3 Å². The van der Waals surface area contributed by atoms with Crippen molar-refractivity contribution in [2.75, 3.05) is 13.2 Å². The topological polar surface area (TPSA) is 154 Å². The summed E-state index contributed by atoms with van der Waals surface area (Å²) < 4.78 is 38.5. The van der Waals surface area contributed by atoms with Crippen molar-refractivity contribution in [2.45, 2.75) is 50.8 Å². The quantitative estimate of drug-likeness (QED) is 0.237. The molecule has 0 heterocycles. The monoisotopic (exact) mass is 549 g/mol. The molecular formula is C25H31N3O9S. The fourth-order valence-electron chi connectivity index (χ4n) is 3.03. The molecule has 0 radical (unpaired) electrons. The lowest BCUT2D eigenvalue weighted by Crippen LogP contribution is -2.50. The lowest BCUT2D eigenvalue weighted by atomic mass is 10.2. The smallest absolute Gasteiger partial charge is 0.407 e. The van der Waals surface area contributed by atoms with Gasteiger partial charge in [-0.2, -0.15) is 0 Å². The molecule has 1 amide bonds. The van der Waals surface area contributed by atoms with Crippen LogP contribution >= 0.6 is 0 Å². The molecule has 0 bridgehead atoms. The van der Waals surface area contributed by atoms with Crippen LogP contribution in [0, 0.1) is 10.1 Å². The fourth-order valence-corrected chi connectivity index (χ4v) is 4.46. The summed E-state index contributed by atoms with van der Waals surface area (Å²) in [5, 5.41) is 13.7. The van der Waals surface area contributed by atoms with E-state index in [9.17, 15) is 28.1 Å². The van der Waals surface area contributed by atoms with E-state index in [0.717, 1.165) is 29.8 Å². The number of sulfonamides is 1. The SMILES string of the molecule is C/C=C/C(=O)ON(C(CNC(=O)OC(C)(C)C)COCc1ccccc1)S(=O)(=O)c1cccc([N+](=O)[O-])c1. The normalized spacial score (nSPS) is 12.8. The lowest BCUT2D eigenvalue weighted by molar-refractivity contribution is -0.385. The van der Waals surface area contributed by atoms with Crippen LogP contribution in [0.15, 0.2) is 71.6 Å². The predicted octanol–water partition coefficient (Wildman–Crippen LogP) is 3.73. The van der Waals surface area contributed by atoms with Crippen LogP contribution in [-0.2, 0) is 35.7 Å². The second-order valence-corrected chi connectivity index (χ2v) is 10.7. The van der Waals surface area contributed by atoms with Crippen LogP contribution < -0.4 is 5.32 Å². The predicted molar refractivity (Wildman–Crippen MR) is 137 cm³/mol. The van der Waals surface area contributed by atoms with Crippen LogP contribution in [0.2, 0.25) is 0 Å². The summed E-state index contributed by atoms with van der Waals surface area (Å²) in [5.41, 5.74) is -0.504. The number of nitro benzene ring substituents is 1. The Kier molecular flexibility index (Phi) is 10.9. The van der Waals surface area contributed by atoms with Gasteiger partial charge in [0.25, 0.3) is 15.7 Å². The standard InChI is InChI=1S/C25H31N3O9S/c1-5-10-23(29)37-28(38(33,34)22-14-9-13-20(15-22)27(31)32)21(16-26-24(30)36-25(2,3)4)18-35-17-19-11-7-6-8-12-19/h5-15,21H,16-18H2,1-4H3,(H,26,30)/b10-5+. The fraction of sp³-hybridized carbons (Fsp3) is 0.360. The van der Waals surface area contributed by atoms with Gasteiger partial charge in [-0.05, 0) is 43.8 Å². The highest BCUT2D eigenvalue weighted by molar-refractivity contribution is 7.89. The van der Waals surface area contributed by atoms with Crippen molar-refractivity contribution in [3.63, 3.8) is 0 Å². The Morgan fingerprint density at radius 2 is 1.82 bits per heavy atom. The molecule has 0 spiro atoms. The van der Waals surface area contributed by atoms with Crippen molar-refractivity contribution in [3.05, 3.63) is 82.4 Å². The number of nitro groups is 1. The number of hydroxylamine groups is 1. The van der Waals surface area contributed by atoms with Gasteiger partial charge in [-0.15, -0.1) is 0 Å². The van der Waals surface area contributed by atoms with Crippen molar-refractivity contribution in [3.8, 4) is 0 Å². The van der Waals surface area contributed by atoms with Gasteiger partial charge in [0.15, 0.2) is 0 Å². The molecule has 12 nitrogen and oxygen atoms in total. The van der Waals surface area contributed by atoms with Crippen molar-refractivity contribution in [1.29, 1.82) is 0 Å². The van der Waals surface area contributed by atoms with Gasteiger partial charge >= 0.3 is 12.1 Å². The molecule has 2 rings (SSSR count). The zero-order valence-electron chi connectivity index (χ0n) is 21.5. The van der Waals surface area contributed by atoms with E-state index in [2.05, 4.69) is 5.32 Å². The Hall–Kier alpha value is -3.81. The van der Waals surface area contributed by atoms with E-state index in [1.165, 1.54) is 19.1 Å². The maximum Gasteiger partial charge on any atom is 0.407 e. The molecule has 38 heavy (non-hydrogen) atoms. The molecular weight excluding hydrogens is 518 g/mol. The van der Waals surface area contributed by atoms with Gasteiger partial charge in [0.05, 0.1) is 23.0 Å². The van der Waals surface area contributed by atoms with Crippen molar-refractivity contribution in [1.82, 2.24) is 9.79 Å². The first kappa shape index (κ1) is 30.4. The number of nitrogens with one attached hydrogen (secondary N) is 1. The molecule has 0 fully saturated rings. The Labute approximate surface area is 221 Å². The van der Waals surface area contributed by atoms with E-state index in [1.807, 2.05) is 6.07 Å². The molecule has 13 heteroatoms. The minimum Gasteiger partial charge on any atom is -0.444 e. The molecule has 2 aromatic carbocycles. The Morgan fingerprint density at radius 3 is 2.42 bits per heavy atom. The van der Waals surface area contributed by atoms with Crippen LogP contribution in [0.4, 0.5) is 10.5 Å². The molecule has 1 unspecified atom stereocenters. The number of hydrogen-bond donors (Lipinski definition) is 1. The number of amides is 1. The number of carbonyl (C=O) groups is 2. The van der Waals surface area contributed by atoms with Gasteiger partial charge in [-0.25, -0.2) is 18.0 Å². The third kappa shape index (κ3) is 9.57. The molecule has 1 atom stereocenters. The molecule has 0 saturated carbocycles. The van der Waals surface area contributed by atoms with Crippen molar-refractivity contribution < 1.29 is 37.2 Å². The second-order valence-electron chi connectivity index (χ2n) is 8.96. The average molecular weight is 550 g/mol. The van der Waals surface area contributed by atoms with E-state index < -0.39 is 49.2 Å². The average Bonchev–Trinajstić information content (AvgIpc) is 2.84. The number of ether oxygens (including phenoxy) is 2. The summed E-state index contributed by atoms with van der Waals surface area (Å²) in [6.07, 6.45) is 1.51. The maximum atomic E-state index is 13.6. The zero-order chi connectivity index (χ0) is 28.3. The van der Waals surface area contributed by atoms with E-state index in [1.54, 1.807) is 45.0 Å². The van der Waals surface area contributed by atoms with Gasteiger partial charge in [-0.1, -0.05) is 42.5 Å². The molecule has 206 valence electrons. The third-order valence-corrected chi connectivity index (χ3v) is 6.34. The molecule has 0 aromatic heterocycles. The van der Waals surface area contributed by atoms with Crippen molar-refractivity contribution >= 4 is 27.8 Å². The van der Waals surface area contributed by atoms with Gasteiger partial charge in [-0.3, -0.25) is 10.1 Å². The molecule has 1 N–H and O–H groups in total. The number of alkyl carbamates (subject to hydrolysis) is 1. The zero-order valence-corrected chi connectivity index (χ0v) is 22.3. The summed E-state index contributed by atoms with van der Waals surface area (Å²) in [4.78, 5) is 39.8. The first-order valence-electron chi connectivity index (χ1n) is 11.6. The Bertz CT molecular complexity index is 1240. The van der Waals surface area contributed by atoms with E-state index >= 15 is 0 Å². The van der Waals surface area contributed by atoms with Crippen LogP contribution in [-0.4, -0.2) is 54.7 Å². The van der Waals surface area contributed by atoms with Gasteiger partial charge in [0.2, 0.25) is 0 Å². The largest absolute Gasteiger partial charge is 0.444 e. The number of benzene rings is 2. The van der Waals surface area contributed by atoms with E-state index in [4.69, 9.17) is 14.3 Å². The number of rotatable bonds is 12. The summed E-state index contributed by atoms with van der Waals surface area (Å²) in [6.45, 7) is 5.91. The highest BCUT2D eigenvalue weighted by Crippen LogP contribution is 2.24. The molecule has 0 aliphatic heterocycles. The third-order valence-electron chi connectivity index (χ3n) is 4.65. The molecule has 0 saturated heterocycles. The lowest BCUT2D eigenvalue weighted by Gasteiger charge is -2.29. The highest BCUT2D eigenvalue weighted by Gasteiger charge is 2.37. The molecule has 0 aliphatic rings. The van der Waals surface area contributed by atoms with Crippen LogP contribution in [0.25, 0.3) is 0 Å². The maximum absolute atomic E-state index is 13.6. The van der Waals surface area contributed by atoms with Gasteiger partial charge in [0, 0.05) is 24.8 Å². The number of hydrogen-bond acceptors (Lipinski definition) is 9. The first-order chi connectivity index (χ1) is 17.8.